The van der Waals surface area contributed by atoms with E-state index in [2.05, 4.69) is 95.9 Å². The fourth-order valence-corrected chi connectivity index (χ4v) is 7.09. The van der Waals surface area contributed by atoms with Gasteiger partial charge in [-0.3, -0.25) is 9.88 Å². The van der Waals surface area contributed by atoms with E-state index in [1.807, 2.05) is 61.1 Å². The zero-order valence-corrected chi connectivity index (χ0v) is 25.1. The van der Waals surface area contributed by atoms with Gasteiger partial charge in [0, 0.05) is 34.2 Å². The zero-order chi connectivity index (χ0) is 30.9. The van der Waals surface area contributed by atoms with Gasteiger partial charge in [-0.15, -0.1) is 0 Å². The molecular weight excluding hydrogens is 578 g/mol. The third kappa shape index (κ3) is 3.90. The first-order chi connectivity index (χ1) is 23.3. The molecule has 4 heterocycles. The van der Waals surface area contributed by atoms with Gasteiger partial charge in [0.05, 0.1) is 11.6 Å². The molecule has 0 saturated heterocycles. The third-order valence-corrected chi connectivity index (χ3v) is 9.17. The van der Waals surface area contributed by atoms with E-state index in [1.165, 1.54) is 21.7 Å². The van der Waals surface area contributed by atoms with Crippen LogP contribution >= 0.6 is 0 Å². The van der Waals surface area contributed by atoms with Crippen LogP contribution in [0.2, 0.25) is 0 Å². The Kier molecular flexibility index (Phi) is 5.51. The normalized spacial score (nSPS) is 11.8. The molecule has 47 heavy (non-hydrogen) atoms. The number of aromatic nitrogens is 2. The van der Waals surface area contributed by atoms with Crippen molar-refractivity contribution in [3.05, 3.63) is 152 Å². The predicted octanol–water partition coefficient (Wildman–Crippen LogP) is 11.7. The van der Waals surface area contributed by atoms with E-state index in [0.29, 0.717) is 0 Å². The Morgan fingerprint density at radius 1 is 0.489 bits per heavy atom. The lowest BCUT2D eigenvalue weighted by molar-refractivity contribution is 0.667. The largest absolute Gasteiger partial charge is 0.456 e. The number of fused-ring (bicyclic) bond motifs is 8. The summed E-state index contributed by atoms with van der Waals surface area (Å²) in [7, 11) is 0. The average molecular weight is 604 g/mol. The molecule has 0 amide bonds. The number of para-hydroxylation sites is 2. The standard InChI is InChI=1S/C42H25N3O2/c1-3-13-29-26(10-1)12-9-17-31(29)34-23-28(22-27-11-2-4-14-30(27)34)45(36-25-43-24-35-32-15-5-7-18-37(32)47-41(35)36)42-40-33-16-6-8-19-38(33)46-39(40)20-21-44-42/h1-25H. The van der Waals surface area contributed by atoms with Crippen molar-refractivity contribution in [3.8, 4) is 11.1 Å². The summed E-state index contributed by atoms with van der Waals surface area (Å²) in [6.45, 7) is 0. The van der Waals surface area contributed by atoms with Crippen LogP contribution in [0, 0.1) is 0 Å². The van der Waals surface area contributed by atoms with Crippen LogP contribution in [-0.4, -0.2) is 9.97 Å². The summed E-state index contributed by atoms with van der Waals surface area (Å²) in [4.78, 5) is 12.0. The molecule has 10 rings (SSSR count). The second-order valence-electron chi connectivity index (χ2n) is 11.8. The summed E-state index contributed by atoms with van der Waals surface area (Å²) >= 11 is 0. The molecule has 5 heteroatoms. The molecule has 4 aromatic heterocycles. The lowest BCUT2D eigenvalue weighted by Gasteiger charge is -2.26. The van der Waals surface area contributed by atoms with Gasteiger partial charge < -0.3 is 8.83 Å². The van der Waals surface area contributed by atoms with Crippen LogP contribution in [0.15, 0.2) is 161 Å². The van der Waals surface area contributed by atoms with Crippen molar-refractivity contribution in [2.24, 2.45) is 0 Å². The highest BCUT2D eigenvalue weighted by molar-refractivity contribution is 6.16. The Hall–Kier alpha value is -6.46. The van der Waals surface area contributed by atoms with Crippen molar-refractivity contribution in [3.63, 3.8) is 0 Å². The molecule has 6 aromatic carbocycles. The Bertz CT molecular complexity index is 2820. The summed E-state index contributed by atoms with van der Waals surface area (Å²) in [6.07, 6.45) is 5.57. The van der Waals surface area contributed by atoms with Crippen molar-refractivity contribution in [2.45, 2.75) is 0 Å². The predicted molar refractivity (Wildman–Crippen MR) is 192 cm³/mol. The molecule has 0 N–H and O–H groups in total. The Balaban J connectivity index is 1.34. The summed E-state index contributed by atoms with van der Waals surface area (Å²) < 4.78 is 13.0. The molecule has 10 aromatic rings. The molecule has 0 unspecified atom stereocenters. The van der Waals surface area contributed by atoms with E-state index < -0.39 is 0 Å². The quantitative estimate of drug-likeness (QED) is 0.200. The first-order valence-electron chi connectivity index (χ1n) is 15.6. The summed E-state index contributed by atoms with van der Waals surface area (Å²) in [5.74, 6) is 0.737. The lowest BCUT2D eigenvalue weighted by atomic mass is 9.93. The van der Waals surface area contributed by atoms with Gasteiger partial charge in [0.15, 0.2) is 5.58 Å². The maximum Gasteiger partial charge on any atom is 0.162 e. The highest BCUT2D eigenvalue weighted by Gasteiger charge is 2.26. The van der Waals surface area contributed by atoms with Gasteiger partial charge in [-0.05, 0) is 63.0 Å². The van der Waals surface area contributed by atoms with Gasteiger partial charge in [-0.2, -0.15) is 0 Å². The molecule has 0 aliphatic carbocycles. The molecule has 0 aliphatic rings. The highest BCUT2D eigenvalue weighted by Crippen LogP contribution is 2.47. The van der Waals surface area contributed by atoms with Gasteiger partial charge in [0.1, 0.15) is 28.3 Å². The van der Waals surface area contributed by atoms with E-state index >= 15 is 0 Å². The second-order valence-corrected chi connectivity index (χ2v) is 11.8. The van der Waals surface area contributed by atoms with E-state index in [0.717, 1.165) is 72.0 Å². The fourth-order valence-electron chi connectivity index (χ4n) is 7.09. The second kappa shape index (κ2) is 10.0. The van der Waals surface area contributed by atoms with Crippen molar-refractivity contribution in [1.29, 1.82) is 0 Å². The topological polar surface area (TPSA) is 55.3 Å². The summed E-state index contributed by atoms with van der Waals surface area (Å²) in [6, 6.07) is 46.3. The maximum atomic E-state index is 6.62. The number of rotatable bonds is 4. The monoisotopic (exact) mass is 603 g/mol. The number of hydrogen-bond acceptors (Lipinski definition) is 5. The Morgan fingerprint density at radius 2 is 1.17 bits per heavy atom. The van der Waals surface area contributed by atoms with Crippen LogP contribution in [0.3, 0.4) is 0 Å². The van der Waals surface area contributed by atoms with Crippen LogP contribution in [-0.2, 0) is 0 Å². The van der Waals surface area contributed by atoms with Crippen molar-refractivity contribution < 1.29 is 8.83 Å². The summed E-state index contributed by atoms with van der Waals surface area (Å²) in [5.41, 5.74) is 7.16. The Labute approximate surface area is 268 Å². The first kappa shape index (κ1) is 25.8. The van der Waals surface area contributed by atoms with Gasteiger partial charge in [-0.1, -0.05) is 103 Å². The first-order valence-corrected chi connectivity index (χ1v) is 15.6. The molecule has 220 valence electrons. The van der Waals surface area contributed by atoms with Gasteiger partial charge in [0.25, 0.3) is 0 Å². The Morgan fingerprint density at radius 3 is 2.02 bits per heavy atom. The smallest absolute Gasteiger partial charge is 0.162 e. The van der Waals surface area contributed by atoms with Crippen molar-refractivity contribution in [2.75, 3.05) is 4.90 Å². The highest BCUT2D eigenvalue weighted by atomic mass is 16.3. The fraction of sp³-hybridized carbons (Fsp3) is 0. The molecule has 0 fully saturated rings. The molecule has 5 nitrogen and oxygen atoms in total. The molecule has 0 saturated carbocycles. The molecule has 0 radical (unpaired) electrons. The minimum Gasteiger partial charge on any atom is -0.456 e. The lowest BCUT2D eigenvalue weighted by Crippen LogP contribution is -2.13. The number of hydrogen-bond donors (Lipinski definition) is 0. The number of pyridine rings is 2. The van der Waals surface area contributed by atoms with E-state index in [1.54, 1.807) is 0 Å². The van der Waals surface area contributed by atoms with Crippen molar-refractivity contribution in [1.82, 2.24) is 9.97 Å². The van der Waals surface area contributed by atoms with E-state index in [9.17, 15) is 0 Å². The zero-order valence-electron chi connectivity index (χ0n) is 25.1. The third-order valence-electron chi connectivity index (χ3n) is 9.17. The minimum absolute atomic E-state index is 0.737. The average Bonchev–Trinajstić information content (AvgIpc) is 3.71. The van der Waals surface area contributed by atoms with Crippen LogP contribution in [0.5, 0.6) is 0 Å². The number of anilines is 3. The molecule has 0 spiro atoms. The van der Waals surface area contributed by atoms with Crippen molar-refractivity contribution >= 4 is 82.6 Å². The molecule has 0 atom stereocenters. The number of nitrogens with zero attached hydrogens (tertiary/aromatic N) is 3. The van der Waals surface area contributed by atoms with Crippen LogP contribution in [0.1, 0.15) is 0 Å². The summed E-state index contributed by atoms with van der Waals surface area (Å²) in [5, 5.41) is 8.58. The molecular formula is C42H25N3O2. The number of furan rings is 2. The van der Waals surface area contributed by atoms with Gasteiger partial charge in [0.2, 0.25) is 0 Å². The number of benzene rings is 6. The molecule has 0 bridgehead atoms. The van der Waals surface area contributed by atoms with Gasteiger partial charge in [-0.25, -0.2) is 4.98 Å². The van der Waals surface area contributed by atoms with Crippen LogP contribution < -0.4 is 4.90 Å². The minimum atomic E-state index is 0.737. The SMILES string of the molecule is c1ccc2c(-c3cc(N(c4cncc5c4oc4ccccc45)c4nccc5oc6ccccc6c45)cc4ccccc34)cccc2c1. The van der Waals surface area contributed by atoms with Crippen LogP contribution in [0.4, 0.5) is 17.2 Å². The van der Waals surface area contributed by atoms with Crippen LogP contribution in [0.25, 0.3) is 76.5 Å². The van der Waals surface area contributed by atoms with E-state index in [-0.39, 0.29) is 0 Å². The maximum absolute atomic E-state index is 6.62. The molecule has 0 aliphatic heterocycles. The van der Waals surface area contributed by atoms with Gasteiger partial charge >= 0.3 is 0 Å². The van der Waals surface area contributed by atoms with E-state index in [4.69, 9.17) is 18.8 Å².